The maximum atomic E-state index is 8.86. The Morgan fingerprint density at radius 2 is 2.11 bits per heavy atom. The summed E-state index contributed by atoms with van der Waals surface area (Å²) < 4.78 is 0. The van der Waals surface area contributed by atoms with Gasteiger partial charge in [-0.05, 0) is 50.7 Å². The maximum Gasteiger partial charge on any atom is 0.0991 e. The number of nitriles is 1. The summed E-state index contributed by atoms with van der Waals surface area (Å²) in [5.41, 5.74) is 2.00. The lowest BCUT2D eigenvalue weighted by Gasteiger charge is -2.31. The van der Waals surface area contributed by atoms with Crippen LogP contribution in [0.3, 0.4) is 0 Å². The number of rotatable bonds is 3. The van der Waals surface area contributed by atoms with Crippen LogP contribution in [0, 0.1) is 11.3 Å². The molecule has 1 aliphatic rings. The van der Waals surface area contributed by atoms with Crippen LogP contribution < -0.4 is 5.32 Å². The van der Waals surface area contributed by atoms with E-state index >= 15 is 0 Å². The van der Waals surface area contributed by atoms with Crippen LogP contribution in [0.4, 0.5) is 0 Å². The highest BCUT2D eigenvalue weighted by molar-refractivity contribution is 5.85. The van der Waals surface area contributed by atoms with Gasteiger partial charge in [0.25, 0.3) is 0 Å². The normalized spacial score (nSPS) is 16.9. The Labute approximate surface area is 115 Å². The van der Waals surface area contributed by atoms with Gasteiger partial charge < -0.3 is 5.32 Å². The lowest BCUT2D eigenvalue weighted by atomic mass is 10.0. The molecule has 0 unspecified atom stereocenters. The molecule has 2 rings (SSSR count). The standard InChI is InChI=1S/C14H19N3.ClH/c1-16-14-5-7-17(8-6-14)11-13-4-2-3-12(9-13)10-15;/h2-4,9,14,16H,5-8,11H2,1H3;1H. The Kier molecular flexibility index (Phi) is 6.14. The number of hydrogen-bond acceptors (Lipinski definition) is 3. The van der Waals surface area contributed by atoms with Crippen LogP contribution >= 0.6 is 12.4 Å². The van der Waals surface area contributed by atoms with Gasteiger partial charge in [-0.15, -0.1) is 12.4 Å². The average Bonchev–Trinajstić information content (AvgIpc) is 2.40. The van der Waals surface area contributed by atoms with Crippen molar-refractivity contribution < 1.29 is 0 Å². The third-order valence-electron chi connectivity index (χ3n) is 3.46. The Morgan fingerprint density at radius 1 is 1.39 bits per heavy atom. The van der Waals surface area contributed by atoms with Gasteiger partial charge in [-0.2, -0.15) is 5.26 Å². The fourth-order valence-electron chi connectivity index (χ4n) is 2.38. The molecule has 1 fully saturated rings. The minimum Gasteiger partial charge on any atom is -0.317 e. The van der Waals surface area contributed by atoms with Gasteiger partial charge in [0.15, 0.2) is 0 Å². The predicted molar refractivity (Wildman–Crippen MR) is 75.8 cm³/mol. The Balaban J connectivity index is 0.00000162. The molecule has 1 heterocycles. The Hall–Kier alpha value is -1.08. The van der Waals surface area contributed by atoms with Crippen LogP contribution in [0.15, 0.2) is 24.3 Å². The molecule has 0 spiro atoms. The van der Waals surface area contributed by atoms with Crippen LogP contribution in [0.2, 0.25) is 0 Å². The Morgan fingerprint density at radius 3 is 2.72 bits per heavy atom. The molecule has 1 N–H and O–H groups in total. The van der Waals surface area contributed by atoms with E-state index in [2.05, 4.69) is 22.4 Å². The van der Waals surface area contributed by atoms with Crippen LogP contribution in [-0.4, -0.2) is 31.1 Å². The van der Waals surface area contributed by atoms with Crippen LogP contribution in [0.25, 0.3) is 0 Å². The van der Waals surface area contributed by atoms with Crippen molar-refractivity contribution in [2.24, 2.45) is 0 Å². The van der Waals surface area contributed by atoms with E-state index in [0.717, 1.165) is 25.2 Å². The molecule has 1 aromatic rings. The minimum absolute atomic E-state index is 0. The molecule has 0 saturated carbocycles. The van der Waals surface area contributed by atoms with Gasteiger partial charge in [0, 0.05) is 12.6 Å². The van der Waals surface area contributed by atoms with Crippen molar-refractivity contribution in [2.45, 2.75) is 25.4 Å². The Bertz CT molecular complexity index is 406. The number of nitrogens with zero attached hydrogens (tertiary/aromatic N) is 2. The summed E-state index contributed by atoms with van der Waals surface area (Å²) in [7, 11) is 2.04. The monoisotopic (exact) mass is 265 g/mol. The van der Waals surface area contributed by atoms with Crippen molar-refractivity contribution in [3.8, 4) is 6.07 Å². The first-order valence-corrected chi connectivity index (χ1v) is 6.20. The highest BCUT2D eigenvalue weighted by Gasteiger charge is 2.17. The van der Waals surface area contributed by atoms with Crippen LogP contribution in [0.1, 0.15) is 24.0 Å². The molecule has 1 saturated heterocycles. The van der Waals surface area contributed by atoms with Gasteiger partial charge in [-0.25, -0.2) is 0 Å². The van der Waals surface area contributed by atoms with Crippen LogP contribution in [-0.2, 0) is 6.54 Å². The first-order valence-electron chi connectivity index (χ1n) is 6.20. The van der Waals surface area contributed by atoms with Crippen molar-refractivity contribution in [3.05, 3.63) is 35.4 Å². The number of hydrogen-bond donors (Lipinski definition) is 1. The highest BCUT2D eigenvalue weighted by atomic mass is 35.5. The van der Waals surface area contributed by atoms with E-state index < -0.39 is 0 Å². The van der Waals surface area contributed by atoms with Crippen molar-refractivity contribution in [2.75, 3.05) is 20.1 Å². The molecule has 3 nitrogen and oxygen atoms in total. The van der Waals surface area contributed by atoms with E-state index in [9.17, 15) is 0 Å². The predicted octanol–water partition coefficient (Wildman–Crippen LogP) is 2.16. The largest absolute Gasteiger partial charge is 0.317 e. The summed E-state index contributed by atoms with van der Waals surface area (Å²) in [6.45, 7) is 3.25. The third kappa shape index (κ3) is 3.99. The summed E-state index contributed by atoms with van der Waals surface area (Å²) in [4.78, 5) is 2.46. The molecule has 0 atom stereocenters. The molecule has 0 aliphatic carbocycles. The zero-order valence-corrected chi connectivity index (χ0v) is 11.5. The number of halogens is 1. The van der Waals surface area contributed by atoms with Crippen molar-refractivity contribution in [1.82, 2.24) is 10.2 Å². The molecule has 98 valence electrons. The van der Waals surface area contributed by atoms with Gasteiger partial charge in [-0.3, -0.25) is 4.90 Å². The van der Waals surface area contributed by atoms with Crippen molar-refractivity contribution in [1.29, 1.82) is 5.26 Å². The van der Waals surface area contributed by atoms with Crippen molar-refractivity contribution in [3.63, 3.8) is 0 Å². The molecular formula is C14H20ClN3. The average molecular weight is 266 g/mol. The zero-order valence-electron chi connectivity index (χ0n) is 10.7. The van der Waals surface area contributed by atoms with E-state index in [1.807, 2.05) is 25.2 Å². The summed E-state index contributed by atoms with van der Waals surface area (Å²) >= 11 is 0. The number of likely N-dealkylation sites (tertiary alicyclic amines) is 1. The molecule has 0 radical (unpaired) electrons. The van der Waals surface area contributed by atoms with Gasteiger partial charge in [-0.1, -0.05) is 12.1 Å². The third-order valence-corrected chi connectivity index (χ3v) is 3.46. The number of nitrogens with one attached hydrogen (secondary N) is 1. The molecule has 1 aromatic carbocycles. The van der Waals surface area contributed by atoms with Gasteiger partial charge in [0.05, 0.1) is 11.6 Å². The lowest BCUT2D eigenvalue weighted by molar-refractivity contribution is 0.194. The SMILES string of the molecule is CNC1CCN(Cc2cccc(C#N)c2)CC1.Cl. The summed E-state index contributed by atoms with van der Waals surface area (Å²) in [5.74, 6) is 0. The number of benzene rings is 1. The smallest absolute Gasteiger partial charge is 0.0991 e. The van der Waals surface area contributed by atoms with Gasteiger partial charge >= 0.3 is 0 Å². The quantitative estimate of drug-likeness (QED) is 0.910. The van der Waals surface area contributed by atoms with E-state index in [4.69, 9.17) is 5.26 Å². The summed E-state index contributed by atoms with van der Waals surface area (Å²) in [5, 5.41) is 12.2. The van der Waals surface area contributed by atoms with E-state index in [1.165, 1.54) is 18.4 Å². The molecule has 1 aliphatic heterocycles. The highest BCUT2D eigenvalue weighted by Crippen LogP contribution is 2.14. The minimum atomic E-state index is 0. The van der Waals surface area contributed by atoms with Gasteiger partial charge in [0.2, 0.25) is 0 Å². The van der Waals surface area contributed by atoms with Gasteiger partial charge in [0.1, 0.15) is 0 Å². The number of piperidine rings is 1. The fraction of sp³-hybridized carbons (Fsp3) is 0.500. The zero-order chi connectivity index (χ0) is 12.1. The van der Waals surface area contributed by atoms with Crippen LogP contribution in [0.5, 0.6) is 0 Å². The summed E-state index contributed by atoms with van der Waals surface area (Å²) in [6.07, 6.45) is 2.43. The summed E-state index contributed by atoms with van der Waals surface area (Å²) in [6, 6.07) is 10.8. The lowest BCUT2D eigenvalue weighted by Crippen LogP contribution is -2.40. The second kappa shape index (κ2) is 7.38. The maximum absolute atomic E-state index is 8.86. The second-order valence-electron chi connectivity index (χ2n) is 4.65. The molecule has 18 heavy (non-hydrogen) atoms. The molecule has 0 aromatic heterocycles. The second-order valence-corrected chi connectivity index (χ2v) is 4.65. The van der Waals surface area contributed by atoms with Crippen molar-refractivity contribution >= 4 is 12.4 Å². The topological polar surface area (TPSA) is 39.1 Å². The molecular weight excluding hydrogens is 246 g/mol. The first-order chi connectivity index (χ1) is 8.31. The fourth-order valence-corrected chi connectivity index (χ4v) is 2.38. The van der Waals surface area contributed by atoms with E-state index in [-0.39, 0.29) is 12.4 Å². The molecule has 0 amide bonds. The van der Waals surface area contributed by atoms with E-state index in [1.54, 1.807) is 0 Å². The van der Waals surface area contributed by atoms with E-state index in [0.29, 0.717) is 6.04 Å². The first kappa shape index (κ1) is 15.0. The molecule has 4 heteroatoms. The molecule has 0 bridgehead atoms.